The first kappa shape index (κ1) is 15.6. The van der Waals surface area contributed by atoms with E-state index < -0.39 is 0 Å². The van der Waals surface area contributed by atoms with E-state index in [4.69, 9.17) is 0 Å². The van der Waals surface area contributed by atoms with Crippen LogP contribution < -0.4 is 4.90 Å². The second-order valence-corrected chi connectivity index (χ2v) is 6.36. The highest BCUT2D eigenvalue weighted by Gasteiger charge is 2.17. The van der Waals surface area contributed by atoms with Gasteiger partial charge in [-0.25, -0.2) is 9.37 Å². The number of anilines is 1. The molecule has 25 heavy (non-hydrogen) atoms. The maximum absolute atomic E-state index is 13.0. The van der Waals surface area contributed by atoms with Crippen LogP contribution in [0.15, 0.2) is 60.3 Å². The first-order chi connectivity index (χ1) is 12.2. The van der Waals surface area contributed by atoms with Crippen LogP contribution in [0.25, 0.3) is 17.1 Å². The lowest BCUT2D eigenvalue weighted by molar-refractivity contribution is 0.628. The molecule has 0 spiro atoms. The molecule has 4 heteroatoms. The largest absolute Gasteiger partial charge is 0.365 e. The van der Waals surface area contributed by atoms with E-state index in [9.17, 15) is 4.39 Å². The Hall–Kier alpha value is -2.88. The Morgan fingerprint density at radius 3 is 2.76 bits per heavy atom. The molecule has 3 nitrogen and oxygen atoms in total. The predicted molar refractivity (Wildman–Crippen MR) is 101 cm³/mol. The maximum atomic E-state index is 13.0. The average Bonchev–Trinajstić information content (AvgIpc) is 2.97. The van der Waals surface area contributed by atoms with Crippen molar-refractivity contribution in [1.29, 1.82) is 0 Å². The second kappa shape index (κ2) is 6.55. The smallest absolute Gasteiger partial charge is 0.139 e. The van der Waals surface area contributed by atoms with Gasteiger partial charge in [-0.05, 0) is 48.7 Å². The summed E-state index contributed by atoms with van der Waals surface area (Å²) in [5.41, 5.74) is 5.69. The number of hydrogen-bond donors (Lipinski definition) is 1. The van der Waals surface area contributed by atoms with Crippen LogP contribution in [0.2, 0.25) is 0 Å². The summed E-state index contributed by atoms with van der Waals surface area (Å²) in [4.78, 5) is 10.2. The van der Waals surface area contributed by atoms with Crippen LogP contribution in [0.5, 0.6) is 0 Å². The lowest BCUT2D eigenvalue weighted by Crippen LogP contribution is -2.28. The summed E-state index contributed by atoms with van der Waals surface area (Å²) in [5.74, 6) is -0.201. The number of H-pyrrole nitrogens is 1. The van der Waals surface area contributed by atoms with Crippen molar-refractivity contribution < 1.29 is 4.39 Å². The molecule has 3 aromatic rings. The van der Waals surface area contributed by atoms with E-state index in [0.717, 1.165) is 36.4 Å². The Balaban J connectivity index is 1.51. The van der Waals surface area contributed by atoms with E-state index in [2.05, 4.69) is 40.0 Å². The summed E-state index contributed by atoms with van der Waals surface area (Å²) < 4.78 is 13.0. The molecule has 0 atom stereocenters. The third-order valence-electron chi connectivity index (χ3n) is 4.64. The SMILES string of the molecule is Cc1[nH]c2ncccc2c1N1CC=C(/C=C/c2ccc(F)cc2)CC1. The van der Waals surface area contributed by atoms with Gasteiger partial charge in [0.1, 0.15) is 11.5 Å². The monoisotopic (exact) mass is 333 g/mol. The third kappa shape index (κ3) is 3.20. The summed E-state index contributed by atoms with van der Waals surface area (Å²) >= 11 is 0. The molecule has 0 radical (unpaired) electrons. The van der Waals surface area contributed by atoms with Crippen molar-refractivity contribution in [2.75, 3.05) is 18.0 Å². The van der Waals surface area contributed by atoms with Gasteiger partial charge in [0.25, 0.3) is 0 Å². The molecule has 1 aliphatic rings. The summed E-state index contributed by atoms with van der Waals surface area (Å²) in [6.45, 7) is 3.96. The van der Waals surface area contributed by atoms with Gasteiger partial charge in [-0.3, -0.25) is 0 Å². The van der Waals surface area contributed by atoms with Gasteiger partial charge in [0.15, 0.2) is 0 Å². The summed E-state index contributed by atoms with van der Waals surface area (Å²) in [7, 11) is 0. The number of benzene rings is 1. The number of allylic oxidation sites excluding steroid dienone is 1. The van der Waals surface area contributed by atoms with Crippen molar-refractivity contribution >= 4 is 22.8 Å². The fourth-order valence-corrected chi connectivity index (χ4v) is 3.36. The van der Waals surface area contributed by atoms with Crippen LogP contribution in [0.3, 0.4) is 0 Å². The van der Waals surface area contributed by atoms with Crippen LogP contribution in [0, 0.1) is 12.7 Å². The minimum absolute atomic E-state index is 0.201. The zero-order valence-electron chi connectivity index (χ0n) is 14.2. The van der Waals surface area contributed by atoms with Crippen molar-refractivity contribution in [3.05, 3.63) is 77.4 Å². The van der Waals surface area contributed by atoms with Gasteiger partial charge in [-0.15, -0.1) is 0 Å². The molecule has 0 fully saturated rings. The van der Waals surface area contributed by atoms with Crippen molar-refractivity contribution in [2.24, 2.45) is 0 Å². The molecule has 4 rings (SSSR count). The lowest BCUT2D eigenvalue weighted by atomic mass is 10.0. The van der Waals surface area contributed by atoms with Crippen molar-refractivity contribution in [3.8, 4) is 0 Å². The molecular weight excluding hydrogens is 313 g/mol. The first-order valence-corrected chi connectivity index (χ1v) is 8.51. The van der Waals surface area contributed by atoms with Crippen molar-refractivity contribution in [3.63, 3.8) is 0 Å². The Kier molecular flexibility index (Phi) is 4.10. The Labute approximate surface area is 146 Å². The van der Waals surface area contributed by atoms with E-state index in [1.165, 1.54) is 28.8 Å². The number of hydrogen-bond acceptors (Lipinski definition) is 2. The zero-order chi connectivity index (χ0) is 17.2. The number of rotatable bonds is 3. The van der Waals surface area contributed by atoms with Gasteiger partial charge in [-0.1, -0.05) is 30.4 Å². The van der Waals surface area contributed by atoms with Crippen molar-refractivity contribution in [2.45, 2.75) is 13.3 Å². The van der Waals surface area contributed by atoms with E-state index in [0.29, 0.717) is 0 Å². The fraction of sp³-hybridized carbons (Fsp3) is 0.190. The van der Waals surface area contributed by atoms with Crippen molar-refractivity contribution in [1.82, 2.24) is 9.97 Å². The maximum Gasteiger partial charge on any atom is 0.139 e. The molecular formula is C21H20FN3. The molecule has 0 saturated heterocycles. The lowest BCUT2D eigenvalue weighted by Gasteiger charge is -2.28. The highest BCUT2D eigenvalue weighted by Crippen LogP contribution is 2.31. The molecule has 0 bridgehead atoms. The number of fused-ring (bicyclic) bond motifs is 1. The summed E-state index contributed by atoms with van der Waals surface area (Å²) in [6.07, 6.45) is 9.24. The molecule has 0 aliphatic carbocycles. The van der Waals surface area contributed by atoms with Gasteiger partial charge in [0, 0.05) is 30.4 Å². The number of halogens is 1. The molecule has 1 N–H and O–H groups in total. The standard InChI is InChI=1S/C21H20FN3/c1-15-20(19-3-2-12-23-21(19)24-15)25-13-10-17(11-14-25)5-4-16-6-8-18(22)9-7-16/h2-10,12H,11,13-14H2,1H3,(H,23,24)/b5-4+. The molecule has 1 aliphatic heterocycles. The van der Waals surface area contributed by atoms with Crippen LogP contribution >= 0.6 is 0 Å². The fourth-order valence-electron chi connectivity index (χ4n) is 3.36. The predicted octanol–water partition coefficient (Wildman–Crippen LogP) is 4.86. The average molecular weight is 333 g/mol. The Morgan fingerprint density at radius 1 is 1.16 bits per heavy atom. The highest BCUT2D eigenvalue weighted by atomic mass is 19.1. The molecule has 2 aromatic heterocycles. The van der Waals surface area contributed by atoms with Gasteiger partial charge in [-0.2, -0.15) is 0 Å². The van der Waals surface area contributed by atoms with E-state index in [-0.39, 0.29) is 5.82 Å². The third-order valence-corrected chi connectivity index (χ3v) is 4.64. The topological polar surface area (TPSA) is 31.9 Å². The van der Waals surface area contributed by atoms with Crippen LogP contribution in [0.4, 0.5) is 10.1 Å². The van der Waals surface area contributed by atoms with E-state index >= 15 is 0 Å². The minimum atomic E-state index is -0.201. The molecule has 0 saturated carbocycles. The van der Waals surface area contributed by atoms with Gasteiger partial charge < -0.3 is 9.88 Å². The Morgan fingerprint density at radius 2 is 2.00 bits per heavy atom. The number of aromatic amines is 1. The number of aromatic nitrogens is 2. The number of nitrogens with one attached hydrogen (secondary N) is 1. The molecule has 126 valence electrons. The second-order valence-electron chi connectivity index (χ2n) is 6.36. The molecule has 1 aromatic carbocycles. The zero-order valence-corrected chi connectivity index (χ0v) is 14.2. The first-order valence-electron chi connectivity index (χ1n) is 8.51. The molecule has 0 amide bonds. The highest BCUT2D eigenvalue weighted by molar-refractivity contribution is 5.92. The van der Waals surface area contributed by atoms with Crippen LogP contribution in [-0.2, 0) is 0 Å². The van der Waals surface area contributed by atoms with Gasteiger partial charge in [0.05, 0.1) is 5.69 Å². The quantitative estimate of drug-likeness (QED) is 0.742. The van der Waals surface area contributed by atoms with E-state index in [1.54, 1.807) is 12.1 Å². The normalized spacial score (nSPS) is 15.1. The van der Waals surface area contributed by atoms with Gasteiger partial charge >= 0.3 is 0 Å². The Bertz CT molecular complexity index is 951. The van der Waals surface area contributed by atoms with E-state index in [1.807, 2.05) is 18.3 Å². The van der Waals surface area contributed by atoms with Crippen LogP contribution in [0.1, 0.15) is 17.7 Å². The molecule has 0 unspecified atom stereocenters. The number of pyridine rings is 1. The summed E-state index contributed by atoms with van der Waals surface area (Å²) in [6, 6.07) is 10.7. The number of aryl methyl sites for hydroxylation is 1. The number of nitrogens with zero attached hydrogens (tertiary/aromatic N) is 2. The van der Waals surface area contributed by atoms with Gasteiger partial charge in [0.2, 0.25) is 0 Å². The van der Waals surface area contributed by atoms with Crippen LogP contribution in [-0.4, -0.2) is 23.1 Å². The molecule has 3 heterocycles. The minimum Gasteiger partial charge on any atom is -0.365 e. The summed E-state index contributed by atoms with van der Waals surface area (Å²) in [5, 5.41) is 1.18.